The molecule has 20 heavy (non-hydrogen) atoms. The number of hydrogen-bond donors (Lipinski definition) is 2. The van der Waals surface area contributed by atoms with Crippen LogP contribution in [0.2, 0.25) is 0 Å². The first-order valence-corrected chi connectivity index (χ1v) is 6.19. The largest absolute Gasteiger partial charge is 0.496 e. The van der Waals surface area contributed by atoms with Crippen molar-refractivity contribution in [3.8, 4) is 17.1 Å². The van der Waals surface area contributed by atoms with E-state index in [2.05, 4.69) is 0 Å². The van der Waals surface area contributed by atoms with E-state index in [0.717, 1.165) is 27.8 Å². The van der Waals surface area contributed by atoms with Crippen molar-refractivity contribution < 1.29 is 9.15 Å². The smallest absolute Gasteiger partial charge is 0.138 e. The van der Waals surface area contributed by atoms with Crippen LogP contribution in [0.3, 0.4) is 0 Å². The Bertz CT molecular complexity index is 777. The molecular formula is C16H14N2O2. The van der Waals surface area contributed by atoms with Crippen LogP contribution in [0, 0.1) is 5.41 Å². The lowest BCUT2D eigenvalue weighted by Crippen LogP contribution is -2.10. The topological polar surface area (TPSA) is 72.2 Å². The summed E-state index contributed by atoms with van der Waals surface area (Å²) >= 11 is 0. The zero-order chi connectivity index (χ0) is 14.1. The van der Waals surface area contributed by atoms with Crippen LogP contribution in [-0.4, -0.2) is 12.9 Å². The molecule has 0 amide bonds. The van der Waals surface area contributed by atoms with Crippen LogP contribution in [0.25, 0.3) is 22.1 Å². The molecule has 0 atom stereocenters. The lowest BCUT2D eigenvalue weighted by Gasteiger charge is -2.11. The summed E-state index contributed by atoms with van der Waals surface area (Å²) in [4.78, 5) is 0. The lowest BCUT2D eigenvalue weighted by atomic mass is 9.99. The first-order valence-electron chi connectivity index (χ1n) is 6.19. The molecule has 3 aromatic rings. The number of nitrogen functional groups attached to an aromatic ring is 1. The summed E-state index contributed by atoms with van der Waals surface area (Å²) in [6, 6.07) is 13.3. The second kappa shape index (κ2) is 4.74. The summed E-state index contributed by atoms with van der Waals surface area (Å²) in [5.74, 6) is 1.50. The maximum Gasteiger partial charge on any atom is 0.138 e. The van der Waals surface area contributed by atoms with Gasteiger partial charge in [-0.05, 0) is 35.0 Å². The van der Waals surface area contributed by atoms with Gasteiger partial charge in [-0.25, -0.2) is 0 Å². The fourth-order valence-electron chi connectivity index (χ4n) is 2.31. The van der Waals surface area contributed by atoms with Crippen LogP contribution < -0.4 is 10.5 Å². The van der Waals surface area contributed by atoms with Gasteiger partial charge in [-0.15, -0.1) is 0 Å². The van der Waals surface area contributed by atoms with Crippen molar-refractivity contribution >= 4 is 16.6 Å². The van der Waals surface area contributed by atoms with E-state index in [1.807, 2.05) is 42.5 Å². The highest BCUT2D eigenvalue weighted by molar-refractivity contribution is 6.04. The number of fused-ring (bicyclic) bond motifs is 1. The number of hydrogen-bond acceptors (Lipinski definition) is 3. The second-order valence-electron chi connectivity index (χ2n) is 4.47. The minimum Gasteiger partial charge on any atom is -0.496 e. The Morgan fingerprint density at radius 3 is 2.65 bits per heavy atom. The standard InChI is InChI=1S/C16H14N2O2/c1-19-13-7-6-10-4-5-11(16(17)18)9-12(10)15(13)14-3-2-8-20-14/h2-9H,1H3,(H3,17,18). The predicted molar refractivity (Wildman–Crippen MR) is 79.2 cm³/mol. The molecule has 4 heteroatoms. The van der Waals surface area contributed by atoms with Crippen LogP contribution in [0.5, 0.6) is 5.75 Å². The fourth-order valence-corrected chi connectivity index (χ4v) is 2.31. The Hall–Kier alpha value is -2.75. The third-order valence-corrected chi connectivity index (χ3v) is 3.28. The van der Waals surface area contributed by atoms with Crippen molar-refractivity contribution in [2.24, 2.45) is 5.73 Å². The summed E-state index contributed by atoms with van der Waals surface area (Å²) in [6.45, 7) is 0. The summed E-state index contributed by atoms with van der Waals surface area (Å²) in [7, 11) is 1.63. The third-order valence-electron chi connectivity index (χ3n) is 3.28. The highest BCUT2D eigenvalue weighted by Crippen LogP contribution is 2.37. The van der Waals surface area contributed by atoms with E-state index in [4.69, 9.17) is 20.3 Å². The van der Waals surface area contributed by atoms with Crippen LogP contribution >= 0.6 is 0 Å². The molecule has 0 aliphatic carbocycles. The van der Waals surface area contributed by atoms with Crippen molar-refractivity contribution in [2.45, 2.75) is 0 Å². The van der Waals surface area contributed by atoms with E-state index >= 15 is 0 Å². The molecular weight excluding hydrogens is 252 g/mol. The number of furan rings is 1. The number of rotatable bonds is 3. The van der Waals surface area contributed by atoms with Gasteiger partial charge in [-0.3, -0.25) is 5.41 Å². The lowest BCUT2D eigenvalue weighted by molar-refractivity contribution is 0.415. The van der Waals surface area contributed by atoms with Crippen molar-refractivity contribution in [1.29, 1.82) is 5.41 Å². The van der Waals surface area contributed by atoms with Crippen molar-refractivity contribution in [2.75, 3.05) is 7.11 Å². The molecule has 0 bridgehead atoms. The van der Waals surface area contributed by atoms with Gasteiger partial charge in [0.15, 0.2) is 0 Å². The van der Waals surface area contributed by atoms with Gasteiger partial charge in [-0.2, -0.15) is 0 Å². The van der Waals surface area contributed by atoms with E-state index < -0.39 is 0 Å². The number of benzene rings is 2. The quantitative estimate of drug-likeness (QED) is 0.563. The van der Waals surface area contributed by atoms with Gasteiger partial charge in [0, 0.05) is 5.56 Å². The minimum absolute atomic E-state index is 0.0418. The summed E-state index contributed by atoms with van der Waals surface area (Å²) in [5, 5.41) is 9.57. The summed E-state index contributed by atoms with van der Waals surface area (Å²) < 4.78 is 10.9. The van der Waals surface area contributed by atoms with Gasteiger partial charge in [0.05, 0.1) is 18.9 Å². The van der Waals surface area contributed by atoms with Crippen molar-refractivity contribution in [1.82, 2.24) is 0 Å². The minimum atomic E-state index is 0.0418. The van der Waals surface area contributed by atoms with E-state index in [-0.39, 0.29) is 5.84 Å². The molecule has 4 nitrogen and oxygen atoms in total. The Morgan fingerprint density at radius 1 is 1.20 bits per heavy atom. The first kappa shape index (κ1) is 12.3. The molecule has 0 saturated heterocycles. The Kier molecular flexibility index (Phi) is 2.91. The van der Waals surface area contributed by atoms with Crippen LogP contribution in [0.15, 0.2) is 53.1 Å². The third kappa shape index (κ3) is 1.91. The molecule has 1 aromatic heterocycles. The maximum absolute atomic E-state index is 7.58. The van der Waals surface area contributed by atoms with E-state index in [1.54, 1.807) is 13.4 Å². The molecule has 0 saturated carbocycles. The van der Waals surface area contributed by atoms with Crippen molar-refractivity contribution in [3.05, 3.63) is 54.3 Å². The number of methoxy groups -OCH3 is 1. The molecule has 0 spiro atoms. The molecule has 3 rings (SSSR count). The molecule has 1 heterocycles. The fraction of sp³-hybridized carbons (Fsp3) is 0.0625. The van der Waals surface area contributed by atoms with Crippen LogP contribution in [-0.2, 0) is 0 Å². The van der Waals surface area contributed by atoms with Gasteiger partial charge in [0.25, 0.3) is 0 Å². The predicted octanol–water partition coefficient (Wildman–Crippen LogP) is 3.39. The average molecular weight is 266 g/mol. The number of ether oxygens (including phenoxy) is 1. The normalized spacial score (nSPS) is 10.7. The zero-order valence-electron chi connectivity index (χ0n) is 11.0. The molecule has 0 aliphatic rings. The monoisotopic (exact) mass is 266 g/mol. The average Bonchev–Trinajstić information content (AvgIpc) is 2.99. The number of nitrogens with one attached hydrogen (secondary N) is 1. The molecule has 0 radical (unpaired) electrons. The highest BCUT2D eigenvalue weighted by Gasteiger charge is 2.14. The summed E-state index contributed by atoms with van der Waals surface area (Å²) in [6.07, 6.45) is 1.63. The van der Waals surface area contributed by atoms with Gasteiger partial charge >= 0.3 is 0 Å². The van der Waals surface area contributed by atoms with Gasteiger partial charge in [0.1, 0.15) is 17.3 Å². The SMILES string of the molecule is COc1ccc2ccc(C(=N)N)cc2c1-c1ccco1. The molecule has 0 aliphatic heterocycles. The van der Waals surface area contributed by atoms with E-state index in [1.165, 1.54) is 0 Å². The van der Waals surface area contributed by atoms with Gasteiger partial charge in [0.2, 0.25) is 0 Å². The zero-order valence-corrected chi connectivity index (χ0v) is 11.0. The maximum atomic E-state index is 7.58. The highest BCUT2D eigenvalue weighted by atomic mass is 16.5. The number of amidine groups is 1. The molecule has 3 N–H and O–H groups in total. The number of nitrogens with two attached hydrogens (primary N) is 1. The van der Waals surface area contributed by atoms with Crippen molar-refractivity contribution in [3.63, 3.8) is 0 Å². The van der Waals surface area contributed by atoms with Gasteiger partial charge in [-0.1, -0.05) is 18.2 Å². The van der Waals surface area contributed by atoms with Crippen LogP contribution in [0.4, 0.5) is 0 Å². The Morgan fingerprint density at radius 2 is 2.00 bits per heavy atom. The first-order chi connectivity index (χ1) is 9.70. The second-order valence-corrected chi connectivity index (χ2v) is 4.47. The van der Waals surface area contributed by atoms with E-state index in [9.17, 15) is 0 Å². The molecule has 0 unspecified atom stereocenters. The summed E-state index contributed by atoms with van der Waals surface area (Å²) in [5.41, 5.74) is 7.13. The van der Waals surface area contributed by atoms with Crippen LogP contribution in [0.1, 0.15) is 5.56 Å². The molecule has 0 fully saturated rings. The Labute approximate surface area is 116 Å². The van der Waals surface area contributed by atoms with E-state index in [0.29, 0.717) is 5.56 Å². The molecule has 2 aromatic carbocycles. The van der Waals surface area contributed by atoms with Gasteiger partial charge < -0.3 is 14.9 Å². The Balaban J connectivity index is 2.38. The molecule has 100 valence electrons.